The maximum Gasteiger partial charge on any atom is 0.335 e. The number of imide groups is 1. The van der Waals surface area contributed by atoms with E-state index in [0.29, 0.717) is 17.9 Å². The minimum Gasteiger partial charge on any atom is -0.488 e. The molecule has 3 rings (SSSR count). The summed E-state index contributed by atoms with van der Waals surface area (Å²) in [6.45, 7) is 2.26. The van der Waals surface area contributed by atoms with Crippen LogP contribution in [0.3, 0.4) is 0 Å². The summed E-state index contributed by atoms with van der Waals surface area (Å²) in [7, 11) is 0. The molecule has 0 atom stereocenters. The zero-order valence-electron chi connectivity index (χ0n) is 14.6. The molecule has 0 saturated carbocycles. The van der Waals surface area contributed by atoms with Crippen LogP contribution < -0.4 is 10.1 Å². The number of benzene rings is 2. The standard InChI is InChI=1S/C20H18N2O5/c1-2-22-18(23)16(21-20(22)26)11-15-5-3-4-6-17(15)27-12-13-7-9-14(10-8-13)19(24)25/h3-11H,2,12H2,1H3,(H,21,26)(H,24,25)/b16-11+. The molecule has 7 heteroatoms. The lowest BCUT2D eigenvalue weighted by Gasteiger charge is -2.10. The molecule has 0 radical (unpaired) electrons. The van der Waals surface area contributed by atoms with Crippen molar-refractivity contribution in [3.05, 3.63) is 70.9 Å². The first-order valence-electron chi connectivity index (χ1n) is 8.38. The van der Waals surface area contributed by atoms with Gasteiger partial charge in [-0.05, 0) is 36.8 Å². The van der Waals surface area contributed by atoms with Crippen molar-refractivity contribution < 1.29 is 24.2 Å². The number of carbonyl (C=O) groups is 3. The van der Waals surface area contributed by atoms with E-state index in [-0.39, 0.29) is 23.8 Å². The number of aromatic carboxylic acids is 1. The molecule has 0 bridgehead atoms. The molecule has 1 aliphatic rings. The Morgan fingerprint density at radius 3 is 2.48 bits per heavy atom. The predicted molar refractivity (Wildman–Crippen MR) is 98.1 cm³/mol. The average molecular weight is 366 g/mol. The van der Waals surface area contributed by atoms with Gasteiger partial charge in [0.1, 0.15) is 18.1 Å². The van der Waals surface area contributed by atoms with Crippen LogP contribution in [0.5, 0.6) is 5.75 Å². The number of ether oxygens (including phenoxy) is 1. The number of hydrogen-bond acceptors (Lipinski definition) is 4. The zero-order valence-corrected chi connectivity index (χ0v) is 14.6. The third-order valence-corrected chi connectivity index (χ3v) is 4.09. The van der Waals surface area contributed by atoms with Crippen molar-refractivity contribution in [2.75, 3.05) is 6.54 Å². The number of carboxylic acid groups (broad SMARTS) is 1. The molecule has 1 fully saturated rings. The molecule has 27 heavy (non-hydrogen) atoms. The first-order valence-corrected chi connectivity index (χ1v) is 8.38. The molecule has 0 unspecified atom stereocenters. The summed E-state index contributed by atoms with van der Waals surface area (Å²) in [6, 6.07) is 13.1. The van der Waals surface area contributed by atoms with Gasteiger partial charge in [-0.2, -0.15) is 0 Å². The highest BCUT2D eigenvalue weighted by Gasteiger charge is 2.32. The van der Waals surface area contributed by atoms with Crippen LogP contribution in [0.1, 0.15) is 28.4 Å². The van der Waals surface area contributed by atoms with Crippen LogP contribution in [0.25, 0.3) is 6.08 Å². The van der Waals surface area contributed by atoms with Crippen LogP contribution in [-0.4, -0.2) is 34.5 Å². The van der Waals surface area contributed by atoms with E-state index >= 15 is 0 Å². The fourth-order valence-corrected chi connectivity index (χ4v) is 2.65. The van der Waals surface area contributed by atoms with Crippen LogP contribution in [0.15, 0.2) is 54.2 Å². The highest BCUT2D eigenvalue weighted by atomic mass is 16.5. The van der Waals surface area contributed by atoms with Gasteiger partial charge in [0.2, 0.25) is 0 Å². The molecular weight excluding hydrogens is 348 g/mol. The second-order valence-corrected chi connectivity index (χ2v) is 5.87. The highest BCUT2D eigenvalue weighted by molar-refractivity contribution is 6.14. The minimum absolute atomic E-state index is 0.198. The number of hydrogen-bond donors (Lipinski definition) is 2. The number of urea groups is 1. The number of carbonyl (C=O) groups excluding carboxylic acids is 2. The van der Waals surface area contributed by atoms with E-state index in [4.69, 9.17) is 9.84 Å². The second-order valence-electron chi connectivity index (χ2n) is 5.87. The minimum atomic E-state index is -0.983. The number of rotatable bonds is 6. The average Bonchev–Trinajstić information content (AvgIpc) is 2.94. The Bertz CT molecular complexity index is 918. The Morgan fingerprint density at radius 1 is 1.15 bits per heavy atom. The van der Waals surface area contributed by atoms with E-state index in [9.17, 15) is 14.4 Å². The van der Waals surface area contributed by atoms with E-state index in [2.05, 4.69) is 5.32 Å². The Kier molecular flexibility index (Phi) is 5.21. The van der Waals surface area contributed by atoms with Crippen molar-refractivity contribution >= 4 is 24.0 Å². The van der Waals surface area contributed by atoms with Crippen molar-refractivity contribution in [1.82, 2.24) is 10.2 Å². The van der Waals surface area contributed by atoms with Gasteiger partial charge < -0.3 is 15.2 Å². The van der Waals surface area contributed by atoms with Gasteiger partial charge >= 0.3 is 12.0 Å². The van der Waals surface area contributed by atoms with Gasteiger partial charge in [0.15, 0.2) is 0 Å². The number of likely N-dealkylation sites (N-methyl/N-ethyl adjacent to an activating group) is 1. The smallest absolute Gasteiger partial charge is 0.335 e. The third kappa shape index (κ3) is 3.98. The van der Waals surface area contributed by atoms with Gasteiger partial charge in [-0.1, -0.05) is 30.3 Å². The monoisotopic (exact) mass is 366 g/mol. The van der Waals surface area contributed by atoms with Crippen molar-refractivity contribution in [2.45, 2.75) is 13.5 Å². The normalized spacial score (nSPS) is 15.1. The van der Waals surface area contributed by atoms with E-state index in [1.807, 2.05) is 0 Å². The van der Waals surface area contributed by atoms with Crippen molar-refractivity contribution in [3.63, 3.8) is 0 Å². The Hall–Kier alpha value is -3.61. The van der Waals surface area contributed by atoms with Crippen LogP contribution in [0, 0.1) is 0 Å². The Morgan fingerprint density at radius 2 is 1.85 bits per heavy atom. The number of para-hydroxylation sites is 1. The summed E-state index contributed by atoms with van der Waals surface area (Å²) in [4.78, 5) is 36.0. The zero-order chi connectivity index (χ0) is 19.4. The van der Waals surface area contributed by atoms with Gasteiger partial charge in [0.25, 0.3) is 5.91 Å². The fourth-order valence-electron chi connectivity index (χ4n) is 2.65. The molecule has 1 saturated heterocycles. The Labute approximate surface area is 155 Å². The summed E-state index contributed by atoms with van der Waals surface area (Å²) >= 11 is 0. The highest BCUT2D eigenvalue weighted by Crippen LogP contribution is 2.23. The van der Waals surface area contributed by atoms with Crippen LogP contribution in [0.4, 0.5) is 4.79 Å². The van der Waals surface area contributed by atoms with E-state index < -0.39 is 12.0 Å². The van der Waals surface area contributed by atoms with Crippen molar-refractivity contribution in [1.29, 1.82) is 0 Å². The lowest BCUT2D eigenvalue weighted by molar-refractivity contribution is -0.122. The molecule has 1 aliphatic heterocycles. The first-order chi connectivity index (χ1) is 13.0. The topological polar surface area (TPSA) is 95.9 Å². The summed E-state index contributed by atoms with van der Waals surface area (Å²) in [6.07, 6.45) is 1.58. The quantitative estimate of drug-likeness (QED) is 0.605. The second kappa shape index (κ2) is 7.74. The third-order valence-electron chi connectivity index (χ3n) is 4.09. The van der Waals surface area contributed by atoms with E-state index in [1.165, 1.54) is 12.1 Å². The largest absolute Gasteiger partial charge is 0.488 e. The molecule has 138 valence electrons. The maximum atomic E-state index is 12.2. The maximum absolute atomic E-state index is 12.2. The van der Waals surface area contributed by atoms with Crippen LogP contribution in [-0.2, 0) is 11.4 Å². The van der Waals surface area contributed by atoms with E-state index in [0.717, 1.165) is 10.5 Å². The fraction of sp³-hybridized carbons (Fsp3) is 0.150. The van der Waals surface area contributed by atoms with Gasteiger partial charge in [0.05, 0.1) is 5.56 Å². The first kappa shape index (κ1) is 18.2. The lowest BCUT2D eigenvalue weighted by atomic mass is 10.1. The molecule has 0 spiro atoms. The van der Waals surface area contributed by atoms with Gasteiger partial charge in [-0.3, -0.25) is 9.69 Å². The molecule has 3 amide bonds. The van der Waals surface area contributed by atoms with Gasteiger partial charge in [-0.25, -0.2) is 9.59 Å². The van der Waals surface area contributed by atoms with Crippen molar-refractivity contribution in [2.24, 2.45) is 0 Å². The molecule has 7 nitrogen and oxygen atoms in total. The molecule has 1 heterocycles. The summed E-state index contributed by atoms with van der Waals surface area (Å²) < 4.78 is 5.82. The number of carboxylic acids is 1. The van der Waals surface area contributed by atoms with Crippen LogP contribution >= 0.6 is 0 Å². The Balaban J connectivity index is 1.76. The van der Waals surface area contributed by atoms with E-state index in [1.54, 1.807) is 49.4 Å². The molecule has 0 aliphatic carbocycles. The number of nitrogens with one attached hydrogen (secondary N) is 1. The SMILES string of the molecule is CCN1C(=O)N/C(=C/c2ccccc2OCc2ccc(C(=O)O)cc2)C1=O. The van der Waals surface area contributed by atoms with Gasteiger partial charge in [-0.15, -0.1) is 0 Å². The van der Waals surface area contributed by atoms with Crippen LogP contribution in [0.2, 0.25) is 0 Å². The van der Waals surface area contributed by atoms with Crippen molar-refractivity contribution in [3.8, 4) is 5.75 Å². The van der Waals surface area contributed by atoms with Gasteiger partial charge in [0, 0.05) is 12.1 Å². The predicted octanol–water partition coefficient (Wildman–Crippen LogP) is 2.88. The molecular formula is C20H18N2O5. The molecule has 0 aromatic heterocycles. The number of nitrogens with zero attached hydrogens (tertiary/aromatic N) is 1. The lowest BCUT2D eigenvalue weighted by Crippen LogP contribution is -2.30. The summed E-state index contributed by atoms with van der Waals surface area (Å²) in [5.41, 5.74) is 1.87. The molecule has 2 N–H and O–H groups in total. The molecule has 2 aromatic carbocycles. The number of amides is 3. The summed E-state index contributed by atoms with van der Waals surface area (Å²) in [5, 5.41) is 11.5. The summed E-state index contributed by atoms with van der Waals surface area (Å²) in [5.74, 6) is -0.810. The molecule has 2 aromatic rings.